The minimum atomic E-state index is -0.547. The van der Waals surface area contributed by atoms with E-state index >= 15 is 0 Å². The summed E-state index contributed by atoms with van der Waals surface area (Å²) in [6, 6.07) is 11.4. The first kappa shape index (κ1) is 17.2. The van der Waals surface area contributed by atoms with Gasteiger partial charge < -0.3 is 20.1 Å². The third-order valence-electron chi connectivity index (χ3n) is 4.20. The number of rotatable bonds is 5. The number of benzene rings is 2. The largest absolute Gasteiger partial charge is 0.493 e. The Morgan fingerprint density at radius 1 is 1.12 bits per heavy atom. The topological polar surface area (TPSA) is 59.6 Å². The fourth-order valence-corrected chi connectivity index (χ4v) is 2.81. The molecule has 132 valence electrons. The van der Waals surface area contributed by atoms with Crippen LogP contribution in [-0.2, 0) is 4.79 Å². The predicted molar refractivity (Wildman–Crippen MR) is 93.7 cm³/mol. The Morgan fingerprint density at radius 3 is 2.52 bits per heavy atom. The molecule has 0 saturated carbocycles. The summed E-state index contributed by atoms with van der Waals surface area (Å²) in [5.41, 5.74) is 0.424. The highest BCUT2D eigenvalue weighted by Crippen LogP contribution is 2.33. The number of anilines is 1. The molecule has 2 aromatic rings. The minimum Gasteiger partial charge on any atom is -0.493 e. The van der Waals surface area contributed by atoms with E-state index < -0.39 is 5.82 Å². The fourth-order valence-electron chi connectivity index (χ4n) is 2.81. The summed E-state index contributed by atoms with van der Waals surface area (Å²) in [7, 11) is 1.53. The zero-order valence-corrected chi connectivity index (χ0v) is 14.0. The van der Waals surface area contributed by atoms with Crippen molar-refractivity contribution in [3.8, 4) is 17.2 Å². The van der Waals surface area contributed by atoms with Crippen molar-refractivity contribution >= 4 is 11.6 Å². The smallest absolute Gasteiger partial charge is 0.227 e. The van der Waals surface area contributed by atoms with Gasteiger partial charge >= 0.3 is 0 Å². The molecule has 1 heterocycles. The number of piperidine rings is 1. The second kappa shape index (κ2) is 7.98. The van der Waals surface area contributed by atoms with E-state index in [1.54, 1.807) is 24.3 Å². The molecule has 1 aliphatic rings. The van der Waals surface area contributed by atoms with Crippen LogP contribution in [0.5, 0.6) is 17.2 Å². The van der Waals surface area contributed by atoms with Gasteiger partial charge in [-0.3, -0.25) is 4.79 Å². The normalized spacial score (nSPS) is 14.8. The molecule has 2 N–H and O–H groups in total. The number of carbonyl (C=O) groups is 1. The molecule has 0 atom stereocenters. The summed E-state index contributed by atoms with van der Waals surface area (Å²) < 4.78 is 25.1. The van der Waals surface area contributed by atoms with Crippen molar-refractivity contribution in [2.45, 2.75) is 12.8 Å². The van der Waals surface area contributed by atoms with Gasteiger partial charge in [-0.25, -0.2) is 4.39 Å². The van der Waals surface area contributed by atoms with Crippen LogP contribution in [0.2, 0.25) is 0 Å². The molecule has 25 heavy (non-hydrogen) atoms. The van der Waals surface area contributed by atoms with Crippen molar-refractivity contribution in [1.29, 1.82) is 0 Å². The number of nitrogens with one attached hydrogen (secondary N) is 2. The molecule has 3 rings (SSSR count). The maximum absolute atomic E-state index is 14.3. The van der Waals surface area contributed by atoms with E-state index in [4.69, 9.17) is 9.47 Å². The number of ether oxygens (including phenoxy) is 2. The van der Waals surface area contributed by atoms with Crippen molar-refractivity contribution < 1.29 is 18.7 Å². The second-order valence-electron chi connectivity index (χ2n) is 5.91. The van der Waals surface area contributed by atoms with Crippen LogP contribution < -0.4 is 20.1 Å². The number of amides is 1. The lowest BCUT2D eigenvalue weighted by atomic mass is 9.97. The van der Waals surface area contributed by atoms with Crippen LogP contribution in [0, 0.1) is 11.7 Å². The SMILES string of the molecule is COc1ccccc1Oc1ccc(NC(=O)C2CCNCC2)cc1F. The Bertz CT molecular complexity index is 745. The van der Waals surface area contributed by atoms with Gasteiger partial charge in [0.05, 0.1) is 7.11 Å². The van der Waals surface area contributed by atoms with Crippen LogP contribution in [0.3, 0.4) is 0 Å². The molecule has 0 bridgehead atoms. The zero-order valence-electron chi connectivity index (χ0n) is 14.0. The number of hydrogen-bond acceptors (Lipinski definition) is 4. The van der Waals surface area contributed by atoms with Gasteiger partial charge in [-0.15, -0.1) is 0 Å². The summed E-state index contributed by atoms with van der Waals surface area (Å²) in [6.45, 7) is 1.66. The number of hydrogen-bond donors (Lipinski definition) is 2. The highest BCUT2D eigenvalue weighted by molar-refractivity contribution is 5.92. The van der Waals surface area contributed by atoms with Gasteiger partial charge in [0, 0.05) is 17.7 Å². The van der Waals surface area contributed by atoms with E-state index in [2.05, 4.69) is 10.6 Å². The Balaban J connectivity index is 1.69. The third kappa shape index (κ3) is 4.28. The van der Waals surface area contributed by atoms with Gasteiger partial charge in [-0.1, -0.05) is 12.1 Å². The molecule has 0 spiro atoms. The maximum Gasteiger partial charge on any atom is 0.227 e. The van der Waals surface area contributed by atoms with Gasteiger partial charge in [0.15, 0.2) is 23.1 Å². The average Bonchev–Trinajstić information content (AvgIpc) is 2.65. The summed E-state index contributed by atoms with van der Waals surface area (Å²) in [6.07, 6.45) is 1.59. The summed E-state index contributed by atoms with van der Waals surface area (Å²) in [4.78, 5) is 12.2. The van der Waals surface area contributed by atoms with Crippen LogP contribution in [-0.4, -0.2) is 26.1 Å². The van der Waals surface area contributed by atoms with Gasteiger partial charge in [0.1, 0.15) is 0 Å². The molecule has 1 saturated heterocycles. The lowest BCUT2D eigenvalue weighted by Crippen LogP contribution is -2.34. The molecule has 1 fully saturated rings. The zero-order chi connectivity index (χ0) is 17.6. The molecule has 6 heteroatoms. The second-order valence-corrected chi connectivity index (χ2v) is 5.91. The number of methoxy groups -OCH3 is 1. The van der Waals surface area contributed by atoms with Crippen molar-refractivity contribution in [2.75, 3.05) is 25.5 Å². The quantitative estimate of drug-likeness (QED) is 0.871. The van der Waals surface area contributed by atoms with Crippen LogP contribution in [0.4, 0.5) is 10.1 Å². The first-order valence-electron chi connectivity index (χ1n) is 8.29. The van der Waals surface area contributed by atoms with Crippen LogP contribution in [0.15, 0.2) is 42.5 Å². The van der Waals surface area contributed by atoms with Crippen molar-refractivity contribution in [3.63, 3.8) is 0 Å². The van der Waals surface area contributed by atoms with E-state index in [0.717, 1.165) is 25.9 Å². The Morgan fingerprint density at radius 2 is 1.84 bits per heavy atom. The summed E-state index contributed by atoms with van der Waals surface area (Å²) >= 11 is 0. The number of halogens is 1. The summed E-state index contributed by atoms with van der Waals surface area (Å²) in [5, 5.41) is 5.99. The highest BCUT2D eigenvalue weighted by atomic mass is 19.1. The van der Waals surface area contributed by atoms with E-state index in [1.807, 2.05) is 6.07 Å². The minimum absolute atomic E-state index is 0.0335. The molecule has 1 amide bonds. The first-order chi connectivity index (χ1) is 12.2. The molecule has 0 aliphatic carbocycles. The monoisotopic (exact) mass is 344 g/mol. The van der Waals surface area contributed by atoms with E-state index in [0.29, 0.717) is 17.2 Å². The number of para-hydroxylation sites is 2. The van der Waals surface area contributed by atoms with Gasteiger partial charge in [0.25, 0.3) is 0 Å². The first-order valence-corrected chi connectivity index (χ1v) is 8.29. The maximum atomic E-state index is 14.3. The van der Waals surface area contributed by atoms with E-state index in [1.165, 1.54) is 19.2 Å². The van der Waals surface area contributed by atoms with Gasteiger partial charge in [0.2, 0.25) is 5.91 Å². The van der Waals surface area contributed by atoms with Gasteiger partial charge in [-0.05, 0) is 50.2 Å². The highest BCUT2D eigenvalue weighted by Gasteiger charge is 2.21. The van der Waals surface area contributed by atoms with E-state index in [9.17, 15) is 9.18 Å². The van der Waals surface area contributed by atoms with Crippen molar-refractivity contribution in [2.24, 2.45) is 5.92 Å². The summed E-state index contributed by atoms with van der Waals surface area (Å²) in [5.74, 6) is 0.368. The third-order valence-corrected chi connectivity index (χ3v) is 4.20. The van der Waals surface area contributed by atoms with Crippen molar-refractivity contribution in [3.05, 3.63) is 48.3 Å². The molecule has 5 nitrogen and oxygen atoms in total. The molecule has 0 aromatic heterocycles. The molecule has 2 aromatic carbocycles. The Kier molecular flexibility index (Phi) is 5.50. The van der Waals surface area contributed by atoms with Crippen molar-refractivity contribution in [1.82, 2.24) is 5.32 Å². The van der Waals surface area contributed by atoms with E-state index in [-0.39, 0.29) is 17.6 Å². The fraction of sp³-hybridized carbons (Fsp3) is 0.316. The lowest BCUT2D eigenvalue weighted by Gasteiger charge is -2.21. The van der Waals surface area contributed by atoms with Crippen LogP contribution in [0.25, 0.3) is 0 Å². The Hall–Kier alpha value is -2.60. The lowest BCUT2D eigenvalue weighted by molar-refractivity contribution is -0.120. The van der Waals surface area contributed by atoms with Gasteiger partial charge in [-0.2, -0.15) is 0 Å². The predicted octanol–water partition coefficient (Wildman–Crippen LogP) is 3.56. The number of carbonyl (C=O) groups excluding carboxylic acids is 1. The molecule has 0 unspecified atom stereocenters. The Labute approximate surface area is 146 Å². The molecular formula is C19H21FN2O3. The standard InChI is InChI=1S/C19H21FN2O3/c1-24-17-4-2-3-5-18(17)25-16-7-6-14(12-15(16)20)22-19(23)13-8-10-21-11-9-13/h2-7,12-13,21H,8-11H2,1H3,(H,22,23). The van der Waals surface area contributed by atoms with Crippen LogP contribution >= 0.6 is 0 Å². The molecule has 0 radical (unpaired) electrons. The van der Waals surface area contributed by atoms with Crippen LogP contribution in [0.1, 0.15) is 12.8 Å². The molecule has 1 aliphatic heterocycles. The molecular weight excluding hydrogens is 323 g/mol. The average molecular weight is 344 g/mol.